The van der Waals surface area contributed by atoms with Crippen molar-refractivity contribution in [3.63, 3.8) is 0 Å². The van der Waals surface area contributed by atoms with E-state index in [2.05, 4.69) is 12.2 Å². The Morgan fingerprint density at radius 3 is 2.38 bits per heavy atom. The number of nitrogens with zero attached hydrogens (tertiary/aromatic N) is 1. The molecule has 1 aromatic heterocycles. The van der Waals surface area contributed by atoms with Crippen molar-refractivity contribution < 1.29 is 9.67 Å². The van der Waals surface area contributed by atoms with E-state index < -0.39 is 0 Å². The highest BCUT2D eigenvalue weighted by molar-refractivity contribution is 7.81. The number of aliphatic hydroxyl groups excluding tert-OH is 1. The van der Waals surface area contributed by atoms with Crippen LogP contribution in [0, 0.1) is 20.8 Å². The number of nitrogens with one attached hydrogen (secondary N) is 1. The van der Waals surface area contributed by atoms with E-state index in [9.17, 15) is 5.11 Å². The summed E-state index contributed by atoms with van der Waals surface area (Å²) < 4.78 is 1.80. The number of anilines is 1. The molecule has 148 valence electrons. The van der Waals surface area contributed by atoms with Gasteiger partial charge in [-0.3, -0.25) is 0 Å². The molecule has 0 spiro atoms. The first-order valence-electron chi connectivity index (χ1n) is 9.02. The molecule has 1 heterocycles. The lowest BCUT2D eigenvalue weighted by Crippen LogP contribution is -2.38. The van der Waals surface area contributed by atoms with E-state index in [-0.39, 0.29) is 5.76 Å². The van der Waals surface area contributed by atoms with Crippen LogP contribution in [0.2, 0.25) is 10.0 Å². The topological polar surface area (TPSA) is 36.1 Å². The highest BCUT2D eigenvalue weighted by atomic mass is 35.5. The molecule has 0 radical (unpaired) electrons. The lowest BCUT2D eigenvalue weighted by molar-refractivity contribution is -0.576. The van der Waals surface area contributed by atoms with Gasteiger partial charge in [-0.2, -0.15) is 4.57 Å². The fraction of sp³-hybridized carbons (Fsp3) is 0.130. The molecular weight excluding hydrogens is 423 g/mol. The molecule has 6 heteroatoms. The second kappa shape index (κ2) is 8.95. The van der Waals surface area contributed by atoms with Crippen LogP contribution in [0.25, 0.3) is 11.5 Å². The van der Waals surface area contributed by atoms with E-state index in [1.165, 1.54) is 5.56 Å². The van der Waals surface area contributed by atoms with Gasteiger partial charge in [0.1, 0.15) is 0 Å². The number of thiocarbonyl (C=S) groups is 1. The molecule has 0 aliphatic heterocycles. The van der Waals surface area contributed by atoms with Crippen LogP contribution in [0.3, 0.4) is 0 Å². The zero-order valence-corrected chi connectivity index (χ0v) is 18.7. The van der Waals surface area contributed by atoms with Crippen molar-refractivity contribution in [2.24, 2.45) is 0 Å². The minimum Gasteiger partial charge on any atom is -0.502 e. The smallest absolute Gasteiger partial charge is 0.288 e. The molecule has 0 bridgehead atoms. The Morgan fingerprint density at radius 1 is 0.966 bits per heavy atom. The molecule has 2 N–H and O–H groups in total. The summed E-state index contributed by atoms with van der Waals surface area (Å²) in [6, 6.07) is 14.9. The normalized spacial score (nSPS) is 11.8. The van der Waals surface area contributed by atoms with Crippen LogP contribution in [-0.4, -0.2) is 10.1 Å². The number of hydrogen-bond acceptors (Lipinski definition) is 2. The molecular formula is C23H21Cl2N2OS+. The van der Waals surface area contributed by atoms with Crippen molar-refractivity contribution in [1.82, 2.24) is 0 Å². The maximum Gasteiger partial charge on any atom is 0.288 e. The third-order valence-electron chi connectivity index (χ3n) is 4.60. The van der Waals surface area contributed by atoms with Gasteiger partial charge in [0.25, 0.3) is 5.70 Å². The van der Waals surface area contributed by atoms with Crippen LogP contribution in [-0.2, 0) is 0 Å². The van der Waals surface area contributed by atoms with Gasteiger partial charge in [0.15, 0.2) is 23.1 Å². The van der Waals surface area contributed by atoms with Crippen molar-refractivity contribution in [2.75, 3.05) is 5.32 Å². The highest BCUT2D eigenvalue weighted by Crippen LogP contribution is 2.27. The molecule has 0 aliphatic rings. The van der Waals surface area contributed by atoms with Crippen molar-refractivity contribution in [2.45, 2.75) is 20.8 Å². The minimum absolute atomic E-state index is 0.000463. The van der Waals surface area contributed by atoms with Gasteiger partial charge < -0.3 is 10.4 Å². The van der Waals surface area contributed by atoms with Crippen molar-refractivity contribution in [1.29, 1.82) is 0 Å². The van der Waals surface area contributed by atoms with Gasteiger partial charge in [0.2, 0.25) is 0 Å². The Hall–Kier alpha value is -2.40. The molecule has 3 nitrogen and oxygen atoms in total. The van der Waals surface area contributed by atoms with Gasteiger partial charge >= 0.3 is 0 Å². The van der Waals surface area contributed by atoms with Gasteiger partial charge in [-0.1, -0.05) is 41.5 Å². The predicted octanol–water partition coefficient (Wildman–Crippen LogP) is 6.53. The molecule has 0 saturated carbocycles. The minimum atomic E-state index is 0.000463. The maximum atomic E-state index is 11.1. The summed E-state index contributed by atoms with van der Waals surface area (Å²) in [4.78, 5) is 0.382. The van der Waals surface area contributed by atoms with Gasteiger partial charge in [0.05, 0.1) is 10.0 Å². The van der Waals surface area contributed by atoms with Crippen LogP contribution in [0.15, 0.2) is 60.9 Å². The van der Waals surface area contributed by atoms with E-state index in [1.54, 1.807) is 22.8 Å². The standard InChI is InChI=1S/C23H20Cl2N2OS/c1-14-5-4-10-27(13-14)21(22(28)17-7-9-19(24)20(25)12-17)23(29)26-18-8-6-15(2)16(3)11-18/h4-13H,1-3H3,(H-,26,28,29)/p+1. The Labute approximate surface area is 186 Å². The predicted molar refractivity (Wildman–Crippen MR) is 126 cm³/mol. The van der Waals surface area contributed by atoms with Gasteiger partial charge in [-0.25, -0.2) is 0 Å². The second-order valence-corrected chi connectivity index (χ2v) is 8.09. The van der Waals surface area contributed by atoms with Gasteiger partial charge in [-0.05, 0) is 68.3 Å². The fourth-order valence-electron chi connectivity index (χ4n) is 2.87. The summed E-state index contributed by atoms with van der Waals surface area (Å²) in [5, 5.41) is 15.1. The number of pyridine rings is 1. The number of aliphatic hydroxyl groups is 1. The van der Waals surface area contributed by atoms with Crippen LogP contribution >= 0.6 is 35.4 Å². The summed E-state index contributed by atoms with van der Waals surface area (Å²) >= 11 is 17.9. The number of halogens is 2. The first-order chi connectivity index (χ1) is 13.8. The zero-order valence-electron chi connectivity index (χ0n) is 16.3. The van der Waals surface area contributed by atoms with Crippen LogP contribution < -0.4 is 9.88 Å². The van der Waals surface area contributed by atoms with Gasteiger partial charge in [0, 0.05) is 22.9 Å². The Kier molecular flexibility index (Phi) is 6.58. The van der Waals surface area contributed by atoms with E-state index >= 15 is 0 Å². The number of benzene rings is 2. The Bertz CT molecular complexity index is 1130. The van der Waals surface area contributed by atoms with Crippen LogP contribution in [0.5, 0.6) is 0 Å². The van der Waals surface area contributed by atoms with Crippen LogP contribution in [0.1, 0.15) is 22.3 Å². The summed E-state index contributed by atoms with van der Waals surface area (Å²) in [7, 11) is 0. The largest absolute Gasteiger partial charge is 0.502 e. The average molecular weight is 444 g/mol. The Morgan fingerprint density at radius 2 is 1.72 bits per heavy atom. The SMILES string of the molecule is Cc1ccc[n+](/C(C(=S)Nc2ccc(C)c(C)c2)=C(/O)c2ccc(Cl)c(Cl)c2)c1. The van der Waals surface area contributed by atoms with Crippen molar-refractivity contribution in [3.05, 3.63) is 93.2 Å². The second-order valence-electron chi connectivity index (χ2n) is 6.87. The van der Waals surface area contributed by atoms with E-state index in [0.717, 1.165) is 16.8 Å². The van der Waals surface area contributed by atoms with Crippen LogP contribution in [0.4, 0.5) is 5.69 Å². The Balaban J connectivity index is 2.10. The summed E-state index contributed by atoms with van der Waals surface area (Å²) in [6.07, 6.45) is 3.74. The fourth-order valence-corrected chi connectivity index (χ4v) is 3.49. The first-order valence-corrected chi connectivity index (χ1v) is 10.2. The molecule has 0 unspecified atom stereocenters. The third kappa shape index (κ3) is 4.96. The summed E-state index contributed by atoms with van der Waals surface area (Å²) in [5.41, 5.74) is 5.20. The number of aromatic nitrogens is 1. The number of hydrogen-bond donors (Lipinski definition) is 2. The summed E-state index contributed by atoms with van der Waals surface area (Å²) in [6.45, 7) is 6.08. The lowest BCUT2D eigenvalue weighted by Gasteiger charge is -2.12. The van der Waals surface area contributed by atoms with E-state index in [1.807, 2.05) is 56.6 Å². The molecule has 2 aromatic carbocycles. The number of aryl methyl sites for hydroxylation is 3. The summed E-state index contributed by atoms with van der Waals surface area (Å²) in [5.74, 6) is 0.000463. The van der Waals surface area contributed by atoms with Crippen molar-refractivity contribution in [3.8, 4) is 0 Å². The van der Waals surface area contributed by atoms with E-state index in [0.29, 0.717) is 26.3 Å². The van der Waals surface area contributed by atoms with Gasteiger partial charge in [-0.15, -0.1) is 0 Å². The zero-order chi connectivity index (χ0) is 21.1. The molecule has 3 aromatic rings. The molecule has 0 atom stereocenters. The first kappa shape index (κ1) is 21.3. The average Bonchev–Trinajstić information content (AvgIpc) is 2.67. The quantitative estimate of drug-likeness (QED) is 0.208. The molecule has 3 rings (SSSR count). The molecule has 0 aliphatic carbocycles. The third-order valence-corrected chi connectivity index (χ3v) is 5.64. The maximum absolute atomic E-state index is 11.1. The highest BCUT2D eigenvalue weighted by Gasteiger charge is 2.24. The molecule has 0 fully saturated rings. The number of rotatable bonds is 4. The van der Waals surface area contributed by atoms with Crippen molar-refractivity contribution >= 4 is 57.6 Å². The molecule has 0 amide bonds. The van der Waals surface area contributed by atoms with E-state index in [4.69, 9.17) is 35.4 Å². The molecule has 0 saturated heterocycles. The monoisotopic (exact) mass is 443 g/mol. The molecule has 29 heavy (non-hydrogen) atoms. The lowest BCUT2D eigenvalue weighted by atomic mass is 10.1.